The van der Waals surface area contributed by atoms with E-state index in [2.05, 4.69) is 20.8 Å². The molecule has 0 atom stereocenters. The lowest BCUT2D eigenvalue weighted by molar-refractivity contribution is -0.115. The van der Waals surface area contributed by atoms with Gasteiger partial charge in [0.1, 0.15) is 0 Å². The maximum Gasteiger partial charge on any atom is 0.267 e. The second kappa shape index (κ2) is 5.30. The molecule has 1 rings (SSSR count). The first kappa shape index (κ1) is 13.0. The molecular formula is C6H11N5O3S2. The second-order valence-electron chi connectivity index (χ2n) is 2.75. The fourth-order valence-corrected chi connectivity index (χ4v) is 2.13. The van der Waals surface area contributed by atoms with Gasteiger partial charge in [-0.2, -0.15) is 0 Å². The molecule has 16 heavy (non-hydrogen) atoms. The largest absolute Gasteiger partial charge is 0.309 e. The van der Waals surface area contributed by atoms with E-state index in [1.54, 1.807) is 0 Å². The summed E-state index contributed by atoms with van der Waals surface area (Å²) in [6.45, 7) is 2.64. The summed E-state index contributed by atoms with van der Waals surface area (Å²) in [5, 5.41) is 17.0. The van der Waals surface area contributed by atoms with Gasteiger partial charge in [0.15, 0.2) is 0 Å². The van der Waals surface area contributed by atoms with Crippen LogP contribution in [0.25, 0.3) is 0 Å². The molecule has 1 heterocycles. The molecular weight excluding hydrogens is 254 g/mol. The van der Waals surface area contributed by atoms with Gasteiger partial charge in [-0.05, 0) is 6.54 Å². The molecule has 90 valence electrons. The van der Waals surface area contributed by atoms with Gasteiger partial charge in [-0.3, -0.25) is 10.1 Å². The molecule has 4 N–H and O–H groups in total. The topological polar surface area (TPSA) is 127 Å². The number of primary sulfonamides is 1. The highest BCUT2D eigenvalue weighted by Crippen LogP contribution is 2.17. The summed E-state index contributed by atoms with van der Waals surface area (Å²) in [4.78, 5) is 11.2. The zero-order valence-corrected chi connectivity index (χ0v) is 10.1. The van der Waals surface area contributed by atoms with Gasteiger partial charge in [0, 0.05) is 0 Å². The second-order valence-corrected chi connectivity index (χ2v) is 5.46. The number of carbonyl (C=O) groups is 1. The van der Waals surface area contributed by atoms with Crippen LogP contribution in [-0.4, -0.2) is 37.6 Å². The zero-order valence-electron chi connectivity index (χ0n) is 8.43. The van der Waals surface area contributed by atoms with Gasteiger partial charge >= 0.3 is 0 Å². The fraction of sp³-hybridized carbons (Fsp3) is 0.500. The average molecular weight is 265 g/mol. The molecule has 0 fully saturated rings. The van der Waals surface area contributed by atoms with Crippen molar-refractivity contribution in [2.45, 2.75) is 11.3 Å². The number of nitrogens with two attached hydrogens (primary N) is 1. The Balaban J connectivity index is 2.63. The molecule has 8 nitrogen and oxygen atoms in total. The molecule has 0 aliphatic heterocycles. The van der Waals surface area contributed by atoms with Crippen molar-refractivity contribution in [1.29, 1.82) is 0 Å². The lowest BCUT2D eigenvalue weighted by Gasteiger charge is -2.00. The van der Waals surface area contributed by atoms with E-state index in [1.807, 2.05) is 6.92 Å². The first-order valence-corrected chi connectivity index (χ1v) is 6.66. The number of rotatable bonds is 5. The van der Waals surface area contributed by atoms with Crippen LogP contribution in [0.5, 0.6) is 0 Å². The van der Waals surface area contributed by atoms with Gasteiger partial charge in [-0.1, -0.05) is 18.3 Å². The maximum atomic E-state index is 11.2. The summed E-state index contributed by atoms with van der Waals surface area (Å²) in [5.74, 6) is -0.320. The monoisotopic (exact) mass is 265 g/mol. The minimum atomic E-state index is -3.86. The van der Waals surface area contributed by atoms with Crippen LogP contribution in [0.1, 0.15) is 6.92 Å². The van der Waals surface area contributed by atoms with Gasteiger partial charge in [-0.15, -0.1) is 10.2 Å². The fourth-order valence-electron chi connectivity index (χ4n) is 0.777. The van der Waals surface area contributed by atoms with Crippen molar-refractivity contribution < 1.29 is 13.2 Å². The van der Waals surface area contributed by atoms with Gasteiger partial charge in [-0.25, -0.2) is 13.6 Å². The summed E-state index contributed by atoms with van der Waals surface area (Å²) >= 11 is 0.707. The van der Waals surface area contributed by atoms with Gasteiger partial charge in [0.2, 0.25) is 15.4 Å². The Morgan fingerprint density at radius 2 is 2.19 bits per heavy atom. The third-order valence-corrected chi connectivity index (χ3v) is 3.58. The van der Waals surface area contributed by atoms with Crippen LogP contribution in [0.15, 0.2) is 4.34 Å². The van der Waals surface area contributed by atoms with Crippen LogP contribution in [0.4, 0.5) is 5.13 Å². The van der Waals surface area contributed by atoms with Crippen molar-refractivity contribution in [3.8, 4) is 0 Å². The number of amides is 1. The van der Waals surface area contributed by atoms with E-state index in [0.29, 0.717) is 17.9 Å². The predicted octanol–water partition coefficient (Wildman–Crippen LogP) is -1.27. The van der Waals surface area contributed by atoms with E-state index in [1.165, 1.54) is 0 Å². The highest BCUT2D eigenvalue weighted by molar-refractivity contribution is 7.91. The van der Waals surface area contributed by atoms with Crippen molar-refractivity contribution in [1.82, 2.24) is 15.5 Å². The average Bonchev–Trinajstić information content (AvgIpc) is 2.62. The van der Waals surface area contributed by atoms with Gasteiger partial charge < -0.3 is 5.32 Å². The number of anilines is 1. The summed E-state index contributed by atoms with van der Waals surface area (Å²) in [6, 6.07) is 0. The first-order chi connectivity index (χ1) is 7.43. The number of likely N-dealkylation sites (N-methyl/N-ethyl adjacent to an activating group) is 1. The van der Waals surface area contributed by atoms with E-state index in [0.717, 1.165) is 0 Å². The number of sulfonamides is 1. The number of carbonyl (C=O) groups excluding carboxylic acids is 1. The highest BCUT2D eigenvalue weighted by Gasteiger charge is 2.15. The Bertz CT molecular complexity index is 468. The summed E-state index contributed by atoms with van der Waals surface area (Å²) in [6.07, 6.45) is 0. The number of hydrogen-bond acceptors (Lipinski definition) is 7. The Morgan fingerprint density at radius 1 is 1.50 bits per heavy atom. The highest BCUT2D eigenvalue weighted by atomic mass is 32.2. The normalized spacial score (nSPS) is 11.4. The van der Waals surface area contributed by atoms with Crippen LogP contribution in [0.2, 0.25) is 0 Å². The number of nitrogens with zero attached hydrogens (tertiary/aromatic N) is 2. The molecule has 0 saturated heterocycles. The Labute approximate surface area is 96.3 Å². The molecule has 0 radical (unpaired) electrons. The Kier molecular flexibility index (Phi) is 4.29. The van der Waals surface area contributed by atoms with E-state index < -0.39 is 10.0 Å². The first-order valence-electron chi connectivity index (χ1n) is 4.30. The summed E-state index contributed by atoms with van der Waals surface area (Å²) in [5.41, 5.74) is 0. The lowest BCUT2D eigenvalue weighted by Crippen LogP contribution is -2.27. The molecule has 0 saturated carbocycles. The van der Waals surface area contributed by atoms with E-state index >= 15 is 0 Å². The van der Waals surface area contributed by atoms with Crippen molar-refractivity contribution in [2.75, 3.05) is 18.4 Å². The Hall–Kier alpha value is -1.10. The third kappa shape index (κ3) is 3.81. The minimum Gasteiger partial charge on any atom is -0.309 e. The zero-order chi connectivity index (χ0) is 12.2. The molecule has 0 spiro atoms. The third-order valence-electron chi connectivity index (χ3n) is 1.43. The number of aromatic nitrogens is 2. The predicted molar refractivity (Wildman–Crippen MR) is 58.5 cm³/mol. The van der Waals surface area contributed by atoms with Crippen LogP contribution in [0.3, 0.4) is 0 Å². The van der Waals surface area contributed by atoms with Crippen LogP contribution in [0, 0.1) is 0 Å². The molecule has 1 aromatic heterocycles. The van der Waals surface area contributed by atoms with Crippen LogP contribution < -0.4 is 15.8 Å². The molecule has 0 aliphatic rings. The van der Waals surface area contributed by atoms with E-state index in [9.17, 15) is 13.2 Å². The maximum absolute atomic E-state index is 11.2. The molecule has 0 aliphatic carbocycles. The SMILES string of the molecule is CCNCC(=O)Nc1nnc(S(N)(=O)=O)s1. The lowest BCUT2D eigenvalue weighted by atomic mass is 10.5. The molecule has 0 aromatic carbocycles. The standard InChI is InChI=1S/C6H11N5O3S2/c1-2-8-3-4(12)9-5-10-11-6(15-5)16(7,13)14/h8H,2-3H2,1H3,(H2,7,13,14)(H,9,10,12). The van der Waals surface area contributed by atoms with Crippen molar-refractivity contribution >= 4 is 32.4 Å². The number of nitrogens with one attached hydrogen (secondary N) is 2. The van der Waals surface area contributed by atoms with Gasteiger partial charge in [0.05, 0.1) is 6.54 Å². The minimum absolute atomic E-state index is 0.104. The number of hydrogen-bond donors (Lipinski definition) is 3. The van der Waals surface area contributed by atoms with Crippen molar-refractivity contribution in [2.24, 2.45) is 5.14 Å². The Morgan fingerprint density at radius 3 is 2.69 bits per heavy atom. The summed E-state index contributed by atoms with van der Waals surface area (Å²) < 4.78 is 21.4. The van der Waals surface area contributed by atoms with Crippen molar-refractivity contribution in [3.63, 3.8) is 0 Å². The molecule has 1 amide bonds. The molecule has 0 bridgehead atoms. The summed E-state index contributed by atoms with van der Waals surface area (Å²) in [7, 11) is -3.86. The molecule has 0 unspecified atom stereocenters. The molecule has 10 heteroatoms. The van der Waals surface area contributed by atoms with Crippen LogP contribution in [-0.2, 0) is 14.8 Å². The van der Waals surface area contributed by atoms with Gasteiger partial charge in [0.25, 0.3) is 10.0 Å². The quantitative estimate of drug-likeness (QED) is 0.570. The smallest absolute Gasteiger partial charge is 0.267 e. The molecule has 1 aromatic rings. The van der Waals surface area contributed by atoms with Crippen LogP contribution >= 0.6 is 11.3 Å². The van der Waals surface area contributed by atoms with E-state index in [4.69, 9.17) is 5.14 Å². The van der Waals surface area contributed by atoms with Crippen molar-refractivity contribution in [3.05, 3.63) is 0 Å². The van der Waals surface area contributed by atoms with E-state index in [-0.39, 0.29) is 21.9 Å².